The van der Waals surface area contributed by atoms with Crippen molar-refractivity contribution in [3.63, 3.8) is 0 Å². The van der Waals surface area contributed by atoms with E-state index in [4.69, 9.17) is 4.74 Å². The van der Waals surface area contributed by atoms with E-state index >= 15 is 0 Å². The van der Waals surface area contributed by atoms with Crippen LogP contribution in [0.25, 0.3) is 0 Å². The van der Waals surface area contributed by atoms with Crippen LogP contribution < -0.4 is 10.2 Å². The first-order valence-corrected chi connectivity index (χ1v) is 8.17. The van der Waals surface area contributed by atoms with Crippen LogP contribution in [0.3, 0.4) is 0 Å². The van der Waals surface area contributed by atoms with Gasteiger partial charge in [0.15, 0.2) is 0 Å². The molecule has 3 rings (SSSR count). The fourth-order valence-electron chi connectivity index (χ4n) is 3.54. The van der Waals surface area contributed by atoms with Crippen LogP contribution in [0.1, 0.15) is 24.9 Å². The van der Waals surface area contributed by atoms with E-state index in [2.05, 4.69) is 53.4 Å². The van der Waals surface area contributed by atoms with Crippen molar-refractivity contribution in [1.29, 1.82) is 0 Å². The van der Waals surface area contributed by atoms with Crippen LogP contribution in [0.4, 0.5) is 5.69 Å². The van der Waals surface area contributed by atoms with Gasteiger partial charge in [0.25, 0.3) is 0 Å². The molecule has 0 amide bonds. The van der Waals surface area contributed by atoms with Crippen molar-refractivity contribution in [2.24, 2.45) is 0 Å². The molecule has 0 aliphatic carbocycles. The van der Waals surface area contributed by atoms with Gasteiger partial charge in [-0.05, 0) is 31.6 Å². The first kappa shape index (κ1) is 14.8. The van der Waals surface area contributed by atoms with E-state index in [9.17, 15) is 0 Å². The van der Waals surface area contributed by atoms with E-state index in [0.717, 1.165) is 45.8 Å². The number of ether oxygens (including phenoxy) is 1. The molecule has 0 saturated carbocycles. The normalized spacial score (nSPS) is 26.7. The minimum absolute atomic E-state index is 0.331. The van der Waals surface area contributed by atoms with Crippen LogP contribution in [-0.4, -0.2) is 57.4 Å². The fraction of sp³-hybridized carbons (Fsp3) is 0.647. The molecule has 1 aromatic rings. The van der Waals surface area contributed by atoms with Gasteiger partial charge >= 0.3 is 0 Å². The van der Waals surface area contributed by atoms with Crippen molar-refractivity contribution in [1.82, 2.24) is 10.2 Å². The number of nitrogens with zero attached hydrogens (tertiary/aromatic N) is 2. The molecular weight excluding hydrogens is 262 g/mol. The number of likely N-dealkylation sites (N-methyl/N-ethyl adjacent to an activating group) is 1. The second-order valence-corrected chi connectivity index (χ2v) is 6.02. The van der Waals surface area contributed by atoms with Gasteiger partial charge in [-0.2, -0.15) is 0 Å². The van der Waals surface area contributed by atoms with Gasteiger partial charge in [0.1, 0.15) is 0 Å². The maximum absolute atomic E-state index is 5.98. The van der Waals surface area contributed by atoms with E-state index in [1.54, 1.807) is 0 Å². The molecule has 2 atom stereocenters. The van der Waals surface area contributed by atoms with Crippen LogP contribution >= 0.6 is 0 Å². The van der Waals surface area contributed by atoms with Crippen LogP contribution in [0.15, 0.2) is 24.3 Å². The predicted octanol–water partition coefficient (Wildman–Crippen LogP) is 1.88. The Balaban J connectivity index is 1.71. The highest BCUT2D eigenvalue weighted by Crippen LogP contribution is 2.33. The molecule has 0 radical (unpaired) electrons. The Morgan fingerprint density at radius 3 is 2.95 bits per heavy atom. The van der Waals surface area contributed by atoms with Gasteiger partial charge in [-0.1, -0.05) is 25.1 Å². The van der Waals surface area contributed by atoms with Crippen molar-refractivity contribution in [3.8, 4) is 0 Å². The molecule has 0 bridgehead atoms. The van der Waals surface area contributed by atoms with E-state index in [0.29, 0.717) is 12.1 Å². The summed E-state index contributed by atoms with van der Waals surface area (Å²) in [6, 6.07) is 9.27. The number of hydrogen-bond donors (Lipinski definition) is 1. The van der Waals surface area contributed by atoms with Gasteiger partial charge in [-0.3, -0.25) is 4.90 Å². The zero-order chi connectivity index (χ0) is 14.7. The Hall–Kier alpha value is -1.10. The van der Waals surface area contributed by atoms with E-state index in [1.165, 1.54) is 11.3 Å². The highest BCUT2D eigenvalue weighted by molar-refractivity contribution is 5.57. The van der Waals surface area contributed by atoms with Crippen LogP contribution in [-0.2, 0) is 4.74 Å². The molecule has 2 aliphatic rings. The lowest BCUT2D eigenvalue weighted by Gasteiger charge is -2.40. The summed E-state index contributed by atoms with van der Waals surface area (Å²) in [5.41, 5.74) is 2.80. The maximum Gasteiger partial charge on any atom is 0.0877 e. The summed E-state index contributed by atoms with van der Waals surface area (Å²) >= 11 is 0. The molecule has 1 saturated heterocycles. The molecule has 2 aliphatic heterocycles. The lowest BCUT2D eigenvalue weighted by molar-refractivity contribution is -0.0222. The Labute approximate surface area is 128 Å². The SMILES string of the molecule is CCN1CCOC(CN2CCC(NC)c3ccccc32)C1. The van der Waals surface area contributed by atoms with Crippen molar-refractivity contribution >= 4 is 5.69 Å². The number of morpholine rings is 1. The van der Waals surface area contributed by atoms with Crippen molar-refractivity contribution < 1.29 is 4.74 Å². The van der Waals surface area contributed by atoms with Gasteiger partial charge in [0.05, 0.1) is 12.7 Å². The lowest BCUT2D eigenvalue weighted by Crippen LogP contribution is -2.48. The Morgan fingerprint density at radius 2 is 2.14 bits per heavy atom. The van der Waals surface area contributed by atoms with Crippen LogP contribution in [0.5, 0.6) is 0 Å². The van der Waals surface area contributed by atoms with E-state index in [1.807, 2.05) is 0 Å². The molecule has 4 heteroatoms. The predicted molar refractivity (Wildman–Crippen MR) is 86.9 cm³/mol. The molecule has 116 valence electrons. The van der Waals surface area contributed by atoms with E-state index < -0.39 is 0 Å². The monoisotopic (exact) mass is 289 g/mol. The minimum Gasteiger partial charge on any atom is -0.374 e. The number of hydrogen-bond acceptors (Lipinski definition) is 4. The first-order valence-electron chi connectivity index (χ1n) is 8.17. The standard InChI is InChI=1S/C17H27N3O/c1-3-19-10-11-21-14(12-19)13-20-9-8-16(18-2)15-6-4-5-7-17(15)20/h4-7,14,16,18H,3,8-13H2,1-2H3. The maximum atomic E-state index is 5.98. The van der Waals surface area contributed by atoms with Gasteiger partial charge in [0, 0.05) is 37.9 Å². The molecule has 4 nitrogen and oxygen atoms in total. The molecule has 21 heavy (non-hydrogen) atoms. The molecule has 1 N–H and O–H groups in total. The molecular formula is C17H27N3O. The second-order valence-electron chi connectivity index (χ2n) is 6.02. The quantitative estimate of drug-likeness (QED) is 0.916. The number of fused-ring (bicyclic) bond motifs is 1. The van der Waals surface area contributed by atoms with Gasteiger partial charge in [0.2, 0.25) is 0 Å². The average molecular weight is 289 g/mol. The summed E-state index contributed by atoms with van der Waals surface area (Å²) in [4.78, 5) is 4.99. The smallest absolute Gasteiger partial charge is 0.0877 e. The first-order chi connectivity index (χ1) is 10.3. The molecule has 1 aromatic carbocycles. The van der Waals surface area contributed by atoms with Crippen LogP contribution in [0, 0.1) is 0 Å². The molecule has 0 aromatic heterocycles. The fourth-order valence-corrected chi connectivity index (χ4v) is 3.54. The Morgan fingerprint density at radius 1 is 1.29 bits per heavy atom. The number of nitrogens with one attached hydrogen (secondary N) is 1. The summed E-state index contributed by atoms with van der Waals surface area (Å²) in [5.74, 6) is 0. The minimum atomic E-state index is 0.331. The summed E-state index contributed by atoms with van der Waals surface area (Å²) in [6.07, 6.45) is 1.50. The number of rotatable bonds is 4. The van der Waals surface area contributed by atoms with Gasteiger partial charge in [-0.25, -0.2) is 0 Å². The lowest BCUT2D eigenvalue weighted by atomic mass is 9.96. The highest BCUT2D eigenvalue weighted by Gasteiger charge is 2.27. The molecule has 1 fully saturated rings. The van der Waals surface area contributed by atoms with Gasteiger partial charge in [-0.15, -0.1) is 0 Å². The third kappa shape index (κ3) is 3.23. The highest BCUT2D eigenvalue weighted by atomic mass is 16.5. The summed E-state index contributed by atoms with van der Waals surface area (Å²) < 4.78 is 5.98. The Bertz CT molecular complexity index is 465. The topological polar surface area (TPSA) is 27.7 Å². The number of anilines is 1. The average Bonchev–Trinajstić information content (AvgIpc) is 2.55. The molecule has 2 unspecified atom stereocenters. The van der Waals surface area contributed by atoms with Crippen molar-refractivity contribution in [3.05, 3.63) is 29.8 Å². The number of para-hydroxylation sites is 1. The summed E-state index contributed by atoms with van der Waals surface area (Å²) in [7, 11) is 2.06. The zero-order valence-electron chi connectivity index (χ0n) is 13.2. The number of benzene rings is 1. The van der Waals surface area contributed by atoms with E-state index in [-0.39, 0.29) is 0 Å². The Kier molecular flexibility index (Phi) is 4.78. The molecule has 0 spiro atoms. The van der Waals surface area contributed by atoms with Crippen LogP contribution in [0.2, 0.25) is 0 Å². The van der Waals surface area contributed by atoms with Crippen molar-refractivity contribution in [2.75, 3.05) is 51.3 Å². The summed E-state index contributed by atoms with van der Waals surface area (Å²) in [5, 5.41) is 3.43. The zero-order valence-corrected chi connectivity index (χ0v) is 13.2. The summed E-state index contributed by atoms with van der Waals surface area (Å²) in [6.45, 7) is 8.47. The molecule has 2 heterocycles. The third-order valence-corrected chi connectivity index (χ3v) is 4.78. The van der Waals surface area contributed by atoms with Crippen molar-refractivity contribution in [2.45, 2.75) is 25.5 Å². The third-order valence-electron chi connectivity index (χ3n) is 4.78. The largest absolute Gasteiger partial charge is 0.374 e. The second kappa shape index (κ2) is 6.77. The van der Waals surface area contributed by atoms with Gasteiger partial charge < -0.3 is 15.0 Å².